The van der Waals surface area contributed by atoms with E-state index in [0.29, 0.717) is 17.5 Å². The quantitative estimate of drug-likeness (QED) is 0.0560. The number of aromatic hydroxyl groups is 6. The van der Waals surface area contributed by atoms with Crippen LogP contribution >= 0.6 is 0 Å². The second kappa shape index (κ2) is 16.0. The SMILES string of the molecule is O=C(/C=C/c1ccc(O)c(O)c1)OC1CC[C@H](O)C(OC(=O)/C=C/c2ccc3c(c2)OC2(O)C(=O)c4c(O)cc(O)cc4OC2(c2ccc(O)c(O)c2)O3)C1.O=CO. The molecule has 0 spiro atoms. The monoisotopic (exact) mass is 802 g/mol. The van der Waals surface area contributed by atoms with E-state index < -0.39 is 76.2 Å². The summed E-state index contributed by atoms with van der Waals surface area (Å²) in [7, 11) is 0. The highest BCUT2D eigenvalue weighted by atomic mass is 16.8. The number of aliphatic hydroxyl groups excluding tert-OH is 1. The minimum atomic E-state index is -3.08. The van der Waals surface area contributed by atoms with Crippen molar-refractivity contribution in [2.75, 3.05) is 0 Å². The number of rotatable bonds is 7. The van der Waals surface area contributed by atoms with E-state index in [1.165, 1.54) is 54.6 Å². The predicted octanol–water partition coefficient (Wildman–Crippen LogP) is 3.30. The minimum Gasteiger partial charge on any atom is -0.508 e. The second-order valence-electron chi connectivity index (χ2n) is 13.1. The molecule has 302 valence electrons. The van der Waals surface area contributed by atoms with Crippen molar-refractivity contribution in [3.05, 3.63) is 101 Å². The molecule has 0 amide bonds. The van der Waals surface area contributed by atoms with Crippen LogP contribution in [0.4, 0.5) is 0 Å². The number of Topliss-reactive ketones (excluding diaryl/α,β-unsaturated/α-hetero) is 1. The van der Waals surface area contributed by atoms with Gasteiger partial charge >= 0.3 is 23.5 Å². The normalized spacial score (nSPS) is 23.1. The maximum Gasteiger partial charge on any atom is 0.357 e. The number of ketones is 1. The van der Waals surface area contributed by atoms with Gasteiger partial charge < -0.3 is 69.6 Å². The number of hydrogen-bond donors (Lipinski definition) is 9. The van der Waals surface area contributed by atoms with E-state index in [9.17, 15) is 55.2 Å². The molecular weight excluding hydrogens is 768 g/mol. The van der Waals surface area contributed by atoms with Gasteiger partial charge in [-0.1, -0.05) is 12.1 Å². The molecule has 1 fully saturated rings. The average Bonchev–Trinajstić information content (AvgIpc) is 3.16. The number of aliphatic hydroxyl groups is 2. The van der Waals surface area contributed by atoms with Gasteiger partial charge in [-0.15, -0.1) is 0 Å². The van der Waals surface area contributed by atoms with Crippen molar-refractivity contribution in [1.29, 1.82) is 0 Å². The van der Waals surface area contributed by atoms with Crippen molar-refractivity contribution in [2.24, 2.45) is 0 Å². The van der Waals surface area contributed by atoms with Gasteiger partial charge in [-0.3, -0.25) is 9.59 Å². The zero-order valence-corrected chi connectivity index (χ0v) is 29.8. The highest BCUT2D eigenvalue weighted by Gasteiger charge is 2.70. The standard InChI is InChI=1S/C39H32O16.CH2O2/c40-22-16-29(46)36-33(17-22)55-39(21-5-8-25(42)28(45)15-21)38(50,37(36)49)53-32-14-20(2-10-30(32)54-39)4-12-35(48)52-31-18-23(6-9-26(31)43)51-34(47)11-3-19-1-7-24(41)27(44)13-19;2-1-3/h1-5,7-8,10-17,23,26,31,40-46,50H,6,9,18H2;1H,(H,2,3)/b11-3+,12-4+;/t23?,26-,31?,38?,39?;/m0./s1. The highest BCUT2D eigenvalue weighted by Crippen LogP contribution is 2.55. The van der Waals surface area contributed by atoms with Crippen LogP contribution in [-0.4, -0.2) is 94.3 Å². The van der Waals surface area contributed by atoms with Crippen LogP contribution in [0.2, 0.25) is 0 Å². The molecule has 5 atom stereocenters. The average molecular weight is 803 g/mol. The zero-order chi connectivity index (χ0) is 41.9. The number of ether oxygens (including phenoxy) is 5. The molecule has 7 rings (SSSR count). The number of carboxylic acid groups (broad SMARTS) is 1. The van der Waals surface area contributed by atoms with Crippen LogP contribution in [0.25, 0.3) is 12.2 Å². The summed E-state index contributed by atoms with van der Waals surface area (Å²) in [4.78, 5) is 47.6. The lowest BCUT2D eigenvalue weighted by Gasteiger charge is -2.50. The Hall–Kier alpha value is -7.44. The smallest absolute Gasteiger partial charge is 0.357 e. The Morgan fingerprint density at radius 3 is 1.97 bits per heavy atom. The fourth-order valence-electron chi connectivity index (χ4n) is 6.46. The predicted molar refractivity (Wildman–Crippen MR) is 195 cm³/mol. The molecule has 18 nitrogen and oxygen atoms in total. The summed E-state index contributed by atoms with van der Waals surface area (Å²) in [6.45, 7) is -0.250. The summed E-state index contributed by atoms with van der Waals surface area (Å²) in [5, 5.41) is 89.3. The van der Waals surface area contributed by atoms with Gasteiger partial charge in [-0.05, 0) is 78.6 Å². The fourth-order valence-corrected chi connectivity index (χ4v) is 6.46. The summed E-state index contributed by atoms with van der Waals surface area (Å²) in [5.74, 6) is -12.2. The summed E-state index contributed by atoms with van der Waals surface area (Å²) in [5.41, 5.74) is -0.0113. The first-order valence-electron chi connectivity index (χ1n) is 17.2. The number of phenolic OH excluding ortho intramolecular Hbond substituents is 6. The topological polar surface area (TPSA) is 296 Å². The maximum atomic E-state index is 13.9. The van der Waals surface area contributed by atoms with E-state index in [2.05, 4.69) is 0 Å². The Labute approximate surface area is 326 Å². The molecular formula is C40H34O18. The van der Waals surface area contributed by atoms with E-state index in [1.807, 2.05) is 0 Å². The Morgan fingerprint density at radius 2 is 1.29 bits per heavy atom. The highest BCUT2D eigenvalue weighted by molar-refractivity contribution is 6.08. The number of carbonyl (C=O) groups is 4. The van der Waals surface area contributed by atoms with Crippen molar-refractivity contribution in [2.45, 2.75) is 49.1 Å². The van der Waals surface area contributed by atoms with Gasteiger partial charge in [0.1, 0.15) is 35.0 Å². The lowest BCUT2D eigenvalue weighted by atomic mass is 9.85. The van der Waals surface area contributed by atoms with Crippen LogP contribution in [0.15, 0.2) is 78.9 Å². The summed E-state index contributed by atoms with van der Waals surface area (Å²) in [6.07, 6.45) is 2.67. The molecule has 18 heteroatoms. The lowest BCUT2D eigenvalue weighted by Crippen LogP contribution is -2.70. The van der Waals surface area contributed by atoms with Crippen LogP contribution in [0.5, 0.6) is 51.7 Å². The molecule has 0 aromatic heterocycles. The Bertz CT molecular complexity index is 2330. The molecule has 0 saturated heterocycles. The molecule has 2 aliphatic heterocycles. The Balaban J connectivity index is 0.00000183. The van der Waals surface area contributed by atoms with E-state index >= 15 is 0 Å². The third kappa shape index (κ3) is 7.81. The molecule has 2 heterocycles. The third-order valence-electron chi connectivity index (χ3n) is 9.22. The first kappa shape index (κ1) is 40.2. The molecule has 0 bridgehead atoms. The fraction of sp³-hybridized carbons (Fsp3) is 0.200. The number of esters is 2. The van der Waals surface area contributed by atoms with Gasteiger partial charge in [-0.2, -0.15) is 0 Å². The summed E-state index contributed by atoms with van der Waals surface area (Å²) >= 11 is 0. The third-order valence-corrected chi connectivity index (χ3v) is 9.22. The molecule has 3 aliphatic rings. The van der Waals surface area contributed by atoms with E-state index in [1.54, 1.807) is 0 Å². The number of carbonyl (C=O) groups excluding carboxylic acids is 3. The van der Waals surface area contributed by atoms with Crippen LogP contribution in [0, 0.1) is 0 Å². The maximum absolute atomic E-state index is 13.9. The van der Waals surface area contributed by atoms with Crippen molar-refractivity contribution >= 4 is 36.3 Å². The second-order valence-corrected chi connectivity index (χ2v) is 13.1. The minimum absolute atomic E-state index is 0.0118. The van der Waals surface area contributed by atoms with Crippen molar-refractivity contribution < 1.29 is 88.8 Å². The molecule has 1 saturated carbocycles. The molecule has 1 aliphatic carbocycles. The van der Waals surface area contributed by atoms with Crippen molar-refractivity contribution in [1.82, 2.24) is 0 Å². The van der Waals surface area contributed by atoms with Gasteiger partial charge in [0.2, 0.25) is 0 Å². The first-order valence-corrected chi connectivity index (χ1v) is 17.2. The molecule has 0 radical (unpaired) electrons. The van der Waals surface area contributed by atoms with Gasteiger partial charge in [0.05, 0.1) is 6.10 Å². The van der Waals surface area contributed by atoms with E-state index in [4.69, 9.17) is 33.6 Å². The van der Waals surface area contributed by atoms with E-state index in [0.717, 1.165) is 36.4 Å². The number of hydrogen-bond acceptors (Lipinski definition) is 17. The zero-order valence-electron chi connectivity index (χ0n) is 29.8. The largest absolute Gasteiger partial charge is 0.508 e. The number of fused-ring (bicyclic) bond motifs is 3. The Morgan fingerprint density at radius 1 is 0.690 bits per heavy atom. The van der Waals surface area contributed by atoms with Crippen LogP contribution in [-0.2, 0) is 29.6 Å². The van der Waals surface area contributed by atoms with Gasteiger partial charge in [0, 0.05) is 36.3 Å². The molecule has 4 aromatic carbocycles. The number of phenols is 6. The number of benzene rings is 4. The lowest BCUT2D eigenvalue weighted by molar-refractivity contribution is -0.316. The van der Waals surface area contributed by atoms with Crippen molar-refractivity contribution in [3.8, 4) is 51.7 Å². The molecule has 4 aromatic rings. The molecule has 58 heavy (non-hydrogen) atoms. The molecule has 4 unspecified atom stereocenters. The van der Waals surface area contributed by atoms with E-state index in [-0.39, 0.29) is 53.6 Å². The van der Waals surface area contributed by atoms with Gasteiger partial charge in [0.25, 0.3) is 12.3 Å². The summed E-state index contributed by atoms with van der Waals surface area (Å²) in [6, 6.07) is 13.2. The Kier molecular flexibility index (Phi) is 11.1. The first-order chi connectivity index (χ1) is 27.6. The van der Waals surface area contributed by atoms with Gasteiger partial charge in [-0.25, -0.2) is 9.59 Å². The van der Waals surface area contributed by atoms with Crippen LogP contribution < -0.4 is 14.2 Å². The molecule has 9 N–H and O–H groups in total. The summed E-state index contributed by atoms with van der Waals surface area (Å²) < 4.78 is 28.9. The van der Waals surface area contributed by atoms with Gasteiger partial charge in [0.15, 0.2) is 34.5 Å². The van der Waals surface area contributed by atoms with Crippen LogP contribution in [0.3, 0.4) is 0 Å². The van der Waals surface area contributed by atoms with Crippen molar-refractivity contribution in [3.63, 3.8) is 0 Å². The van der Waals surface area contributed by atoms with Crippen LogP contribution in [0.1, 0.15) is 46.3 Å².